The van der Waals surface area contributed by atoms with Gasteiger partial charge >= 0.3 is 12.3 Å². The molecule has 4 aromatic rings. The van der Waals surface area contributed by atoms with E-state index >= 15 is 0 Å². The van der Waals surface area contributed by atoms with E-state index in [1.54, 1.807) is 20.8 Å². The van der Waals surface area contributed by atoms with Crippen molar-refractivity contribution in [3.05, 3.63) is 96.6 Å². The van der Waals surface area contributed by atoms with Gasteiger partial charge in [-0.15, -0.1) is 0 Å². The Balaban J connectivity index is 2.02. The molecule has 1 aromatic heterocycles. The molecule has 3 aromatic carbocycles. The molecular weight excluding hydrogens is 439 g/mol. The highest BCUT2D eigenvalue weighted by atomic mass is 19.4. The zero-order chi connectivity index (χ0) is 24.5. The van der Waals surface area contributed by atoms with E-state index < -0.39 is 23.4 Å². The van der Waals surface area contributed by atoms with Crippen LogP contribution < -0.4 is 0 Å². The van der Waals surface area contributed by atoms with Crippen LogP contribution in [0.15, 0.2) is 91.0 Å². The van der Waals surface area contributed by atoms with Gasteiger partial charge in [0.15, 0.2) is 0 Å². The number of ether oxygens (including phenoxy) is 1. The molecule has 0 aliphatic rings. The number of carbonyl (C=O) groups is 1. The van der Waals surface area contributed by atoms with Crippen molar-refractivity contribution < 1.29 is 22.7 Å². The fourth-order valence-electron chi connectivity index (χ4n) is 3.77. The summed E-state index contributed by atoms with van der Waals surface area (Å²) in [6.07, 6.45) is -5.06. The van der Waals surface area contributed by atoms with Gasteiger partial charge in [0.25, 0.3) is 0 Å². The fourth-order valence-corrected chi connectivity index (χ4v) is 3.77. The van der Waals surface area contributed by atoms with E-state index in [9.17, 15) is 18.0 Å². The Labute approximate surface area is 196 Å². The molecular formula is C28H24F3NO2. The third kappa shape index (κ3) is 4.91. The Kier molecular flexibility index (Phi) is 6.09. The molecule has 0 unspecified atom stereocenters. The third-order valence-electron chi connectivity index (χ3n) is 5.22. The summed E-state index contributed by atoms with van der Waals surface area (Å²) in [5.74, 6) is 0. The predicted molar refractivity (Wildman–Crippen MR) is 127 cm³/mol. The molecule has 34 heavy (non-hydrogen) atoms. The molecule has 0 aliphatic heterocycles. The van der Waals surface area contributed by atoms with Crippen molar-refractivity contribution in [2.24, 2.45) is 0 Å². The highest BCUT2D eigenvalue weighted by Crippen LogP contribution is 2.40. The van der Waals surface area contributed by atoms with Gasteiger partial charge in [0.2, 0.25) is 0 Å². The van der Waals surface area contributed by atoms with Crippen LogP contribution in [0.5, 0.6) is 0 Å². The Morgan fingerprint density at radius 1 is 0.735 bits per heavy atom. The molecule has 0 saturated carbocycles. The fraction of sp³-hybridized carbons (Fsp3) is 0.179. The molecule has 0 saturated heterocycles. The molecule has 0 bridgehead atoms. The van der Waals surface area contributed by atoms with Crippen molar-refractivity contribution in [2.45, 2.75) is 32.5 Å². The van der Waals surface area contributed by atoms with E-state index in [2.05, 4.69) is 0 Å². The van der Waals surface area contributed by atoms with E-state index in [4.69, 9.17) is 4.74 Å². The first-order valence-corrected chi connectivity index (χ1v) is 10.8. The van der Waals surface area contributed by atoms with E-state index in [1.807, 2.05) is 66.7 Å². The average Bonchev–Trinajstić information content (AvgIpc) is 3.20. The second-order valence-electron chi connectivity index (χ2n) is 8.91. The second-order valence-corrected chi connectivity index (χ2v) is 8.91. The molecule has 0 N–H and O–H groups in total. The van der Waals surface area contributed by atoms with Crippen LogP contribution in [0.25, 0.3) is 33.6 Å². The van der Waals surface area contributed by atoms with Crippen LogP contribution in [-0.2, 0) is 10.9 Å². The van der Waals surface area contributed by atoms with Gasteiger partial charge in [0.1, 0.15) is 5.60 Å². The zero-order valence-electron chi connectivity index (χ0n) is 19.1. The maximum atomic E-state index is 13.5. The van der Waals surface area contributed by atoms with Gasteiger partial charge in [0.05, 0.1) is 17.0 Å². The third-order valence-corrected chi connectivity index (χ3v) is 5.22. The van der Waals surface area contributed by atoms with Crippen molar-refractivity contribution in [3.8, 4) is 33.6 Å². The molecule has 6 heteroatoms. The summed E-state index contributed by atoms with van der Waals surface area (Å²) in [6, 6.07) is 25.5. The Hall–Kier alpha value is -3.80. The molecule has 0 radical (unpaired) electrons. The lowest BCUT2D eigenvalue weighted by molar-refractivity contribution is -0.137. The minimum atomic E-state index is -4.46. The number of carbonyl (C=O) groups excluding carboxylic acids is 1. The molecule has 174 valence electrons. The lowest BCUT2D eigenvalue weighted by Gasteiger charge is -2.22. The lowest BCUT2D eigenvalue weighted by Crippen LogP contribution is -2.28. The van der Waals surface area contributed by atoms with Crippen molar-refractivity contribution in [2.75, 3.05) is 0 Å². The molecule has 1 heterocycles. The van der Waals surface area contributed by atoms with Gasteiger partial charge in [-0.1, -0.05) is 72.8 Å². The highest BCUT2D eigenvalue weighted by Gasteiger charge is 2.31. The number of nitrogens with zero attached hydrogens (tertiary/aromatic N) is 1. The van der Waals surface area contributed by atoms with Crippen LogP contribution in [0, 0.1) is 0 Å². The van der Waals surface area contributed by atoms with Crippen LogP contribution in [0.2, 0.25) is 0 Å². The maximum absolute atomic E-state index is 13.5. The van der Waals surface area contributed by atoms with Gasteiger partial charge in [-0.05, 0) is 55.7 Å². The number of halogens is 3. The molecule has 4 rings (SSSR count). The zero-order valence-corrected chi connectivity index (χ0v) is 19.1. The molecule has 0 fully saturated rings. The smallest absolute Gasteiger partial charge is 0.419 e. The number of benzene rings is 3. The molecule has 0 spiro atoms. The average molecular weight is 463 g/mol. The SMILES string of the molecule is CC(C)(C)OC(=O)n1c(-c2ccccc2)cc(-c2ccccc2)c1-c1ccc(C(F)(F)F)cc1. The van der Waals surface area contributed by atoms with E-state index in [-0.39, 0.29) is 0 Å². The number of alkyl halides is 3. The van der Waals surface area contributed by atoms with Crippen LogP contribution in [0.3, 0.4) is 0 Å². The molecule has 0 atom stereocenters. The maximum Gasteiger partial charge on any atom is 0.419 e. The number of aromatic nitrogens is 1. The lowest BCUT2D eigenvalue weighted by atomic mass is 10.00. The summed E-state index contributed by atoms with van der Waals surface area (Å²) in [6.45, 7) is 5.31. The Morgan fingerprint density at radius 3 is 1.76 bits per heavy atom. The molecule has 0 aliphatic carbocycles. The normalized spacial score (nSPS) is 11.9. The van der Waals surface area contributed by atoms with Gasteiger partial charge in [-0.3, -0.25) is 0 Å². The van der Waals surface area contributed by atoms with Crippen LogP contribution in [0.4, 0.5) is 18.0 Å². The van der Waals surface area contributed by atoms with Gasteiger partial charge in [-0.2, -0.15) is 13.2 Å². The van der Waals surface area contributed by atoms with Gasteiger partial charge in [0, 0.05) is 5.56 Å². The summed E-state index contributed by atoms with van der Waals surface area (Å²) in [7, 11) is 0. The molecule has 0 amide bonds. The van der Waals surface area contributed by atoms with E-state index in [1.165, 1.54) is 16.7 Å². The number of rotatable bonds is 3. The van der Waals surface area contributed by atoms with Crippen LogP contribution in [0.1, 0.15) is 26.3 Å². The van der Waals surface area contributed by atoms with E-state index in [0.29, 0.717) is 22.5 Å². The predicted octanol–water partition coefficient (Wildman–Crippen LogP) is 8.29. The Morgan fingerprint density at radius 2 is 1.26 bits per heavy atom. The summed E-state index contributed by atoms with van der Waals surface area (Å²) < 4.78 is 46.8. The van der Waals surface area contributed by atoms with Crippen molar-refractivity contribution in [3.63, 3.8) is 0 Å². The quantitative estimate of drug-likeness (QED) is 0.306. The minimum absolute atomic E-state index is 0.466. The number of hydrogen-bond acceptors (Lipinski definition) is 2. The second kappa shape index (κ2) is 8.86. The van der Waals surface area contributed by atoms with Crippen LogP contribution in [-0.4, -0.2) is 16.3 Å². The highest BCUT2D eigenvalue weighted by molar-refractivity contribution is 5.94. The van der Waals surface area contributed by atoms with E-state index in [0.717, 1.165) is 23.3 Å². The Bertz CT molecular complexity index is 1280. The van der Waals surface area contributed by atoms with Crippen molar-refractivity contribution in [1.82, 2.24) is 4.57 Å². The van der Waals surface area contributed by atoms with Gasteiger partial charge < -0.3 is 4.74 Å². The first-order valence-electron chi connectivity index (χ1n) is 10.8. The summed E-state index contributed by atoms with van der Waals surface area (Å²) in [4.78, 5) is 13.5. The standard InChI is InChI=1S/C28H24F3NO2/c1-27(2,3)34-26(33)32-24(20-12-8-5-9-13-20)18-23(19-10-6-4-7-11-19)25(32)21-14-16-22(17-15-21)28(29,30)31/h4-18H,1-3H3. The summed E-state index contributed by atoms with van der Waals surface area (Å²) >= 11 is 0. The first-order chi connectivity index (χ1) is 16.0. The summed E-state index contributed by atoms with van der Waals surface area (Å²) in [5.41, 5.74) is 2.33. The van der Waals surface area contributed by atoms with Crippen molar-refractivity contribution >= 4 is 6.09 Å². The van der Waals surface area contributed by atoms with Crippen molar-refractivity contribution in [1.29, 1.82) is 0 Å². The van der Waals surface area contributed by atoms with Crippen LogP contribution >= 0.6 is 0 Å². The summed E-state index contributed by atoms with van der Waals surface area (Å²) in [5, 5.41) is 0. The first kappa shape index (κ1) is 23.4. The number of hydrogen-bond donors (Lipinski definition) is 0. The monoisotopic (exact) mass is 463 g/mol. The molecule has 3 nitrogen and oxygen atoms in total. The van der Waals surface area contributed by atoms with Gasteiger partial charge in [-0.25, -0.2) is 9.36 Å². The largest absolute Gasteiger partial charge is 0.443 e. The topological polar surface area (TPSA) is 31.2 Å². The minimum Gasteiger partial charge on any atom is -0.443 e.